The fourth-order valence-electron chi connectivity index (χ4n) is 2.65. The summed E-state index contributed by atoms with van der Waals surface area (Å²) in [6.45, 7) is 4.46. The summed E-state index contributed by atoms with van der Waals surface area (Å²) in [5.74, 6) is -1.19. The highest BCUT2D eigenvalue weighted by Gasteiger charge is 2.22. The first-order chi connectivity index (χ1) is 12.4. The van der Waals surface area contributed by atoms with Gasteiger partial charge in [0, 0.05) is 38.6 Å². The first-order valence-corrected chi connectivity index (χ1v) is 10.2. The van der Waals surface area contributed by atoms with Crippen LogP contribution in [-0.4, -0.2) is 58.5 Å². The zero-order valence-corrected chi connectivity index (χ0v) is 15.7. The predicted molar refractivity (Wildman–Crippen MR) is 97.2 cm³/mol. The molecule has 0 unspecified atom stereocenters. The number of ether oxygens (including phenoxy) is 2. The second-order valence-electron chi connectivity index (χ2n) is 5.98. The number of carboxylic acid groups (broad SMARTS) is 1. The molecule has 1 atom stereocenters. The molecule has 9 heteroatoms. The van der Waals surface area contributed by atoms with Crippen molar-refractivity contribution in [3.05, 3.63) is 23.8 Å². The third-order valence-corrected chi connectivity index (χ3v) is 5.46. The molecule has 1 aliphatic rings. The molecule has 1 saturated heterocycles. The molecule has 8 nitrogen and oxygen atoms in total. The van der Waals surface area contributed by atoms with Crippen LogP contribution in [0.4, 0.5) is 5.69 Å². The average Bonchev–Trinajstić information content (AvgIpc) is 3.13. The topological polar surface area (TPSA) is 114 Å². The van der Waals surface area contributed by atoms with Crippen LogP contribution in [0.15, 0.2) is 23.1 Å². The van der Waals surface area contributed by atoms with Crippen LogP contribution >= 0.6 is 0 Å². The monoisotopic (exact) mass is 386 g/mol. The molecule has 1 aliphatic heterocycles. The number of sulfonamides is 1. The summed E-state index contributed by atoms with van der Waals surface area (Å²) < 4.78 is 37.9. The number of anilines is 1. The van der Waals surface area contributed by atoms with E-state index in [4.69, 9.17) is 9.47 Å². The third-order valence-electron chi connectivity index (χ3n) is 4.04. The van der Waals surface area contributed by atoms with Crippen LogP contribution < -0.4 is 10.0 Å². The fourth-order valence-corrected chi connectivity index (χ4v) is 3.75. The van der Waals surface area contributed by atoms with Crippen LogP contribution in [0.1, 0.15) is 36.5 Å². The van der Waals surface area contributed by atoms with E-state index >= 15 is 0 Å². The van der Waals surface area contributed by atoms with Gasteiger partial charge < -0.3 is 19.9 Å². The Hall–Kier alpha value is -1.68. The lowest BCUT2D eigenvalue weighted by Crippen LogP contribution is -2.32. The Morgan fingerprint density at radius 2 is 2.23 bits per heavy atom. The molecule has 0 saturated carbocycles. The van der Waals surface area contributed by atoms with Crippen LogP contribution in [0, 0.1) is 0 Å². The maximum Gasteiger partial charge on any atom is 0.337 e. The van der Waals surface area contributed by atoms with Gasteiger partial charge in [-0.1, -0.05) is 0 Å². The summed E-state index contributed by atoms with van der Waals surface area (Å²) in [6.07, 6.45) is 2.32. The Balaban J connectivity index is 2.04. The minimum atomic E-state index is -3.79. The van der Waals surface area contributed by atoms with Crippen molar-refractivity contribution < 1.29 is 27.8 Å². The Morgan fingerprint density at radius 1 is 1.42 bits per heavy atom. The first-order valence-electron chi connectivity index (χ1n) is 8.74. The van der Waals surface area contributed by atoms with E-state index in [2.05, 4.69) is 10.0 Å². The molecule has 146 valence electrons. The standard InChI is InChI=1S/C17H26N2O6S/c1-2-24-9-4-8-18-16-7-6-14(11-15(16)17(20)21)26(22,23)19-12-13-5-3-10-25-13/h6-7,11,13,18-19H,2-5,8-10,12H2,1H3,(H,20,21)/t13-/m1/s1. The molecule has 1 heterocycles. The number of hydrogen-bond donors (Lipinski definition) is 3. The van der Waals surface area contributed by atoms with E-state index in [1.54, 1.807) is 0 Å². The summed E-state index contributed by atoms with van der Waals surface area (Å²) in [4.78, 5) is 11.4. The summed E-state index contributed by atoms with van der Waals surface area (Å²) in [7, 11) is -3.79. The molecule has 1 aromatic carbocycles. The minimum Gasteiger partial charge on any atom is -0.478 e. The van der Waals surface area contributed by atoms with E-state index in [9.17, 15) is 18.3 Å². The van der Waals surface area contributed by atoms with Gasteiger partial charge >= 0.3 is 5.97 Å². The zero-order chi connectivity index (χ0) is 19.0. The van der Waals surface area contributed by atoms with Crippen molar-refractivity contribution in [1.29, 1.82) is 0 Å². The number of rotatable bonds is 11. The predicted octanol–water partition coefficient (Wildman–Crippen LogP) is 1.68. The molecule has 0 radical (unpaired) electrons. The first kappa shape index (κ1) is 20.6. The summed E-state index contributed by atoms with van der Waals surface area (Å²) in [5.41, 5.74) is 0.300. The van der Waals surface area contributed by atoms with E-state index < -0.39 is 16.0 Å². The van der Waals surface area contributed by atoms with Crippen molar-refractivity contribution in [2.45, 2.75) is 37.2 Å². The number of carbonyl (C=O) groups is 1. The number of hydrogen-bond acceptors (Lipinski definition) is 6. The SMILES string of the molecule is CCOCCCNc1ccc(S(=O)(=O)NC[C@H]2CCCO2)cc1C(=O)O. The lowest BCUT2D eigenvalue weighted by Gasteiger charge is -2.14. The van der Waals surface area contributed by atoms with Crippen LogP contribution in [0.25, 0.3) is 0 Å². The molecule has 0 spiro atoms. The molecule has 1 fully saturated rings. The van der Waals surface area contributed by atoms with E-state index in [0.717, 1.165) is 19.3 Å². The lowest BCUT2D eigenvalue weighted by molar-refractivity contribution is 0.0697. The largest absolute Gasteiger partial charge is 0.478 e. The van der Waals surface area contributed by atoms with E-state index in [-0.39, 0.29) is 23.1 Å². The van der Waals surface area contributed by atoms with E-state index in [0.29, 0.717) is 32.1 Å². The smallest absolute Gasteiger partial charge is 0.337 e. The van der Waals surface area contributed by atoms with Gasteiger partial charge in [0.2, 0.25) is 10.0 Å². The van der Waals surface area contributed by atoms with Crippen molar-refractivity contribution in [3.8, 4) is 0 Å². The van der Waals surface area contributed by atoms with Gasteiger partial charge in [-0.25, -0.2) is 17.9 Å². The summed E-state index contributed by atoms with van der Waals surface area (Å²) >= 11 is 0. The van der Waals surface area contributed by atoms with Crippen molar-refractivity contribution in [3.63, 3.8) is 0 Å². The number of nitrogens with one attached hydrogen (secondary N) is 2. The van der Waals surface area contributed by atoms with Crippen LogP contribution in [-0.2, 0) is 19.5 Å². The van der Waals surface area contributed by atoms with Crippen molar-refractivity contribution >= 4 is 21.7 Å². The molecule has 3 N–H and O–H groups in total. The highest BCUT2D eigenvalue weighted by Crippen LogP contribution is 2.21. The van der Waals surface area contributed by atoms with Gasteiger partial charge in [0.1, 0.15) is 0 Å². The van der Waals surface area contributed by atoms with Gasteiger partial charge in [0.15, 0.2) is 0 Å². The minimum absolute atomic E-state index is 0.0761. The Bertz CT molecular complexity index is 701. The summed E-state index contributed by atoms with van der Waals surface area (Å²) in [6, 6.07) is 4.05. The Morgan fingerprint density at radius 3 is 2.88 bits per heavy atom. The normalized spacial score (nSPS) is 17.3. The Labute approximate surface area is 153 Å². The highest BCUT2D eigenvalue weighted by molar-refractivity contribution is 7.89. The molecule has 0 bridgehead atoms. The zero-order valence-electron chi connectivity index (χ0n) is 14.9. The molecule has 2 rings (SSSR count). The second kappa shape index (κ2) is 9.86. The molecule has 1 aromatic rings. The Kier molecular flexibility index (Phi) is 7.83. The van der Waals surface area contributed by atoms with Crippen molar-refractivity contribution in [2.75, 3.05) is 38.2 Å². The van der Waals surface area contributed by atoms with Crippen molar-refractivity contribution in [2.24, 2.45) is 0 Å². The molecular formula is C17H26N2O6S. The van der Waals surface area contributed by atoms with Crippen molar-refractivity contribution in [1.82, 2.24) is 4.72 Å². The second-order valence-corrected chi connectivity index (χ2v) is 7.74. The lowest BCUT2D eigenvalue weighted by atomic mass is 10.2. The fraction of sp³-hybridized carbons (Fsp3) is 0.588. The highest BCUT2D eigenvalue weighted by atomic mass is 32.2. The third kappa shape index (κ3) is 5.94. The maximum atomic E-state index is 12.4. The molecular weight excluding hydrogens is 360 g/mol. The van der Waals surface area contributed by atoms with Gasteiger partial charge in [0.05, 0.1) is 16.6 Å². The molecule has 26 heavy (non-hydrogen) atoms. The maximum absolute atomic E-state index is 12.4. The van der Waals surface area contributed by atoms with Gasteiger partial charge in [-0.15, -0.1) is 0 Å². The van der Waals surface area contributed by atoms with Gasteiger partial charge in [-0.05, 0) is 44.4 Å². The van der Waals surface area contributed by atoms with E-state index in [1.807, 2.05) is 6.92 Å². The quantitative estimate of drug-likeness (QED) is 0.496. The molecule has 0 aromatic heterocycles. The average molecular weight is 386 g/mol. The van der Waals surface area contributed by atoms with Gasteiger partial charge in [-0.3, -0.25) is 0 Å². The molecule has 0 amide bonds. The van der Waals surface area contributed by atoms with Crippen LogP contribution in [0.3, 0.4) is 0 Å². The number of carboxylic acids is 1. The van der Waals surface area contributed by atoms with Gasteiger partial charge in [-0.2, -0.15) is 0 Å². The van der Waals surface area contributed by atoms with Crippen LogP contribution in [0.5, 0.6) is 0 Å². The number of aromatic carboxylic acids is 1. The molecule has 0 aliphatic carbocycles. The van der Waals surface area contributed by atoms with Crippen LogP contribution in [0.2, 0.25) is 0 Å². The number of benzene rings is 1. The van der Waals surface area contributed by atoms with E-state index in [1.165, 1.54) is 18.2 Å². The van der Waals surface area contributed by atoms with Gasteiger partial charge in [0.25, 0.3) is 0 Å². The summed E-state index contributed by atoms with van der Waals surface area (Å²) in [5, 5.41) is 12.4.